The van der Waals surface area contributed by atoms with Gasteiger partial charge >= 0.3 is 0 Å². The van der Waals surface area contributed by atoms with Crippen LogP contribution in [0.1, 0.15) is 17.2 Å². The van der Waals surface area contributed by atoms with E-state index in [0.29, 0.717) is 11.1 Å². The number of carbonyl (C=O) groups excluding carboxylic acids is 1. The minimum Gasteiger partial charge on any atom is -0.504 e. The quantitative estimate of drug-likeness (QED) is 0.386. The fourth-order valence-corrected chi connectivity index (χ4v) is 1.64. The van der Waals surface area contributed by atoms with Crippen molar-refractivity contribution in [2.75, 3.05) is 0 Å². The fraction of sp³-hybridized carbons (Fsp3) is 0.0667. The normalized spacial score (nSPS) is 12.2. The molecule has 6 heteroatoms. The maximum absolute atomic E-state index is 11.7. The molecule has 0 spiro atoms. The molecule has 0 heterocycles. The van der Waals surface area contributed by atoms with Gasteiger partial charge in [-0.2, -0.15) is 5.10 Å². The van der Waals surface area contributed by atoms with Crippen molar-refractivity contribution in [1.29, 1.82) is 0 Å². The summed E-state index contributed by atoms with van der Waals surface area (Å²) in [5, 5.41) is 32.0. The zero-order valence-corrected chi connectivity index (χ0v) is 11.0. The van der Waals surface area contributed by atoms with Crippen LogP contribution >= 0.6 is 0 Å². The first-order valence-corrected chi connectivity index (χ1v) is 6.16. The number of aliphatic hydroxyl groups excluding tert-OH is 1. The van der Waals surface area contributed by atoms with Gasteiger partial charge in [-0.3, -0.25) is 4.79 Å². The van der Waals surface area contributed by atoms with Gasteiger partial charge in [-0.15, -0.1) is 0 Å². The van der Waals surface area contributed by atoms with Crippen LogP contribution in [0.2, 0.25) is 0 Å². The number of aliphatic hydroxyl groups is 1. The maximum atomic E-state index is 11.7. The highest BCUT2D eigenvalue weighted by Crippen LogP contribution is 2.23. The molecule has 108 valence electrons. The Morgan fingerprint density at radius 2 is 1.81 bits per heavy atom. The highest BCUT2D eigenvalue weighted by atomic mass is 16.3. The number of amides is 1. The molecule has 0 saturated heterocycles. The van der Waals surface area contributed by atoms with E-state index >= 15 is 0 Å². The van der Waals surface area contributed by atoms with Gasteiger partial charge in [0.25, 0.3) is 5.91 Å². The third-order valence-corrected chi connectivity index (χ3v) is 2.75. The molecular formula is C15H14N2O4. The molecule has 0 saturated carbocycles. The molecule has 0 aliphatic carbocycles. The largest absolute Gasteiger partial charge is 0.504 e. The molecule has 0 aliphatic rings. The van der Waals surface area contributed by atoms with Crippen LogP contribution in [-0.2, 0) is 4.79 Å². The Morgan fingerprint density at radius 3 is 2.48 bits per heavy atom. The monoisotopic (exact) mass is 286 g/mol. The predicted molar refractivity (Wildman–Crippen MR) is 76.9 cm³/mol. The molecule has 6 nitrogen and oxygen atoms in total. The van der Waals surface area contributed by atoms with Gasteiger partial charge in [0.15, 0.2) is 17.6 Å². The summed E-state index contributed by atoms with van der Waals surface area (Å²) in [6.45, 7) is 0. The van der Waals surface area contributed by atoms with Crippen LogP contribution in [0.15, 0.2) is 53.6 Å². The van der Waals surface area contributed by atoms with Crippen molar-refractivity contribution in [1.82, 2.24) is 5.43 Å². The first kappa shape index (κ1) is 14.5. The van der Waals surface area contributed by atoms with Gasteiger partial charge in [0.2, 0.25) is 0 Å². The predicted octanol–water partition coefficient (Wildman–Crippen LogP) is 1.28. The van der Waals surface area contributed by atoms with Crippen molar-refractivity contribution in [2.24, 2.45) is 5.10 Å². The van der Waals surface area contributed by atoms with Gasteiger partial charge in [-0.05, 0) is 29.3 Å². The topological polar surface area (TPSA) is 102 Å². The second kappa shape index (κ2) is 6.53. The third-order valence-electron chi connectivity index (χ3n) is 2.75. The van der Waals surface area contributed by atoms with Gasteiger partial charge < -0.3 is 15.3 Å². The number of nitrogens with one attached hydrogen (secondary N) is 1. The van der Waals surface area contributed by atoms with Crippen molar-refractivity contribution < 1.29 is 20.1 Å². The van der Waals surface area contributed by atoms with Crippen LogP contribution in [0.3, 0.4) is 0 Å². The van der Waals surface area contributed by atoms with Crippen molar-refractivity contribution in [3.63, 3.8) is 0 Å². The number of hydrogen-bond donors (Lipinski definition) is 4. The summed E-state index contributed by atoms with van der Waals surface area (Å²) in [6.07, 6.45) is -0.0222. The zero-order chi connectivity index (χ0) is 15.2. The van der Waals surface area contributed by atoms with Crippen LogP contribution in [0.4, 0.5) is 0 Å². The summed E-state index contributed by atoms with van der Waals surface area (Å²) in [5.74, 6) is -1.19. The fourth-order valence-electron chi connectivity index (χ4n) is 1.64. The van der Waals surface area contributed by atoms with Crippen LogP contribution in [0, 0.1) is 0 Å². The lowest BCUT2D eigenvalue weighted by Crippen LogP contribution is -2.25. The van der Waals surface area contributed by atoms with Gasteiger partial charge in [0, 0.05) is 0 Å². The lowest BCUT2D eigenvalue weighted by atomic mass is 10.1. The van der Waals surface area contributed by atoms with Gasteiger partial charge in [-0.1, -0.05) is 30.3 Å². The first-order valence-electron chi connectivity index (χ1n) is 6.16. The minimum absolute atomic E-state index is 0.240. The smallest absolute Gasteiger partial charge is 0.273 e. The molecule has 4 N–H and O–H groups in total. The highest BCUT2D eigenvalue weighted by Gasteiger charge is 2.15. The van der Waals surface area contributed by atoms with E-state index in [1.807, 2.05) is 0 Å². The van der Waals surface area contributed by atoms with Gasteiger partial charge in [0.05, 0.1) is 6.21 Å². The first-order chi connectivity index (χ1) is 10.1. The molecule has 0 aromatic heterocycles. The molecule has 0 radical (unpaired) electrons. The summed E-state index contributed by atoms with van der Waals surface area (Å²) < 4.78 is 0. The molecule has 1 amide bonds. The summed E-state index contributed by atoms with van der Waals surface area (Å²) in [5.41, 5.74) is 3.15. The number of nitrogens with zero attached hydrogens (tertiary/aromatic N) is 1. The molecule has 0 unspecified atom stereocenters. The number of phenols is 2. The average Bonchev–Trinajstić information content (AvgIpc) is 2.51. The van der Waals surface area contributed by atoms with E-state index in [-0.39, 0.29) is 11.5 Å². The highest BCUT2D eigenvalue weighted by molar-refractivity contribution is 5.85. The maximum Gasteiger partial charge on any atom is 0.273 e. The number of phenolic OH excluding ortho intramolecular Hbond substituents is 2. The minimum atomic E-state index is -1.31. The van der Waals surface area contributed by atoms with Crippen LogP contribution in [0.5, 0.6) is 11.5 Å². The Labute approximate surface area is 121 Å². The van der Waals surface area contributed by atoms with Crippen LogP contribution in [-0.4, -0.2) is 27.4 Å². The van der Waals surface area contributed by atoms with E-state index in [1.54, 1.807) is 30.3 Å². The Morgan fingerprint density at radius 1 is 1.10 bits per heavy atom. The van der Waals surface area contributed by atoms with Crippen molar-refractivity contribution in [3.05, 3.63) is 59.7 Å². The summed E-state index contributed by atoms with van der Waals surface area (Å²) in [4.78, 5) is 11.7. The van der Waals surface area contributed by atoms with E-state index in [2.05, 4.69) is 10.5 Å². The molecule has 0 aliphatic heterocycles. The molecular weight excluding hydrogens is 272 g/mol. The number of benzene rings is 2. The average molecular weight is 286 g/mol. The van der Waals surface area contributed by atoms with Crippen LogP contribution < -0.4 is 5.43 Å². The zero-order valence-electron chi connectivity index (χ0n) is 11.0. The Balaban J connectivity index is 1.97. The standard InChI is InChI=1S/C15H14N2O4/c18-12-7-6-10(8-13(12)19)9-16-17-15(21)14(20)11-4-2-1-3-5-11/h1-9,14,18-20H,(H,17,21)/b16-9+/t14-/m1/s1. The number of aromatic hydroxyl groups is 2. The molecule has 2 rings (SSSR count). The number of hydrazone groups is 1. The molecule has 0 fully saturated rings. The number of carbonyl (C=O) groups is 1. The summed E-state index contributed by atoms with van der Waals surface area (Å²) >= 11 is 0. The number of rotatable bonds is 4. The summed E-state index contributed by atoms with van der Waals surface area (Å²) in [7, 11) is 0. The molecule has 0 bridgehead atoms. The Bertz CT molecular complexity index is 656. The van der Waals surface area contributed by atoms with Crippen molar-refractivity contribution in [3.8, 4) is 11.5 Å². The number of hydrogen-bond acceptors (Lipinski definition) is 5. The lowest BCUT2D eigenvalue weighted by molar-refractivity contribution is -0.129. The van der Waals surface area contributed by atoms with Crippen molar-refractivity contribution >= 4 is 12.1 Å². The van der Waals surface area contributed by atoms with E-state index in [0.717, 1.165) is 0 Å². The Kier molecular flexibility index (Phi) is 4.53. The van der Waals surface area contributed by atoms with Gasteiger partial charge in [0.1, 0.15) is 0 Å². The van der Waals surface area contributed by atoms with Crippen LogP contribution in [0.25, 0.3) is 0 Å². The van der Waals surface area contributed by atoms with E-state index in [4.69, 9.17) is 5.11 Å². The molecule has 2 aromatic rings. The second-order valence-electron chi connectivity index (χ2n) is 4.30. The SMILES string of the molecule is O=C(N/N=C/c1ccc(O)c(O)c1)[C@H](O)c1ccccc1. The molecule has 2 aromatic carbocycles. The molecule has 21 heavy (non-hydrogen) atoms. The summed E-state index contributed by atoms with van der Waals surface area (Å²) in [6, 6.07) is 12.6. The second-order valence-corrected chi connectivity index (χ2v) is 4.30. The lowest BCUT2D eigenvalue weighted by Gasteiger charge is -2.08. The van der Waals surface area contributed by atoms with Gasteiger partial charge in [-0.25, -0.2) is 5.43 Å². The molecule has 1 atom stereocenters. The Hall–Kier alpha value is -2.86. The van der Waals surface area contributed by atoms with E-state index in [1.165, 1.54) is 24.4 Å². The van der Waals surface area contributed by atoms with E-state index < -0.39 is 12.0 Å². The third kappa shape index (κ3) is 3.80. The van der Waals surface area contributed by atoms with Crippen molar-refractivity contribution in [2.45, 2.75) is 6.10 Å². The van der Waals surface area contributed by atoms with E-state index in [9.17, 15) is 15.0 Å².